The van der Waals surface area contributed by atoms with E-state index in [0.29, 0.717) is 29.4 Å². The third kappa shape index (κ3) is 7.90. The Morgan fingerprint density at radius 2 is 1.74 bits per heavy atom. The minimum Gasteiger partial charge on any atom is -0.492 e. The van der Waals surface area contributed by atoms with Gasteiger partial charge in [-0.25, -0.2) is 13.1 Å². The van der Waals surface area contributed by atoms with Crippen LogP contribution in [0, 0.1) is 19.8 Å². The molecule has 0 radical (unpaired) electrons. The smallest absolute Gasteiger partial charge is 0.273 e. The lowest BCUT2D eigenvalue weighted by Gasteiger charge is -2.24. The van der Waals surface area contributed by atoms with Crippen LogP contribution in [0.5, 0.6) is 5.75 Å². The van der Waals surface area contributed by atoms with Crippen molar-refractivity contribution in [1.29, 1.82) is 0 Å². The van der Waals surface area contributed by atoms with Crippen LogP contribution >= 0.6 is 0 Å². The van der Waals surface area contributed by atoms with Gasteiger partial charge in [0.15, 0.2) is 11.4 Å². The van der Waals surface area contributed by atoms with E-state index in [1.165, 1.54) is 11.8 Å². The molecule has 1 saturated heterocycles. The van der Waals surface area contributed by atoms with Gasteiger partial charge in [0.05, 0.1) is 36.6 Å². The molecule has 12 nitrogen and oxygen atoms in total. The van der Waals surface area contributed by atoms with Gasteiger partial charge in [0.1, 0.15) is 0 Å². The van der Waals surface area contributed by atoms with E-state index >= 15 is 0 Å². The fraction of sp³-hybridized carbons (Fsp3) is 0.467. The van der Waals surface area contributed by atoms with Crippen LogP contribution in [0.1, 0.15) is 71.1 Å². The van der Waals surface area contributed by atoms with Crippen LogP contribution in [0.4, 0.5) is 11.4 Å². The van der Waals surface area contributed by atoms with Crippen molar-refractivity contribution in [2.45, 2.75) is 52.9 Å². The monoisotopic (exact) mass is 611 g/mol. The van der Waals surface area contributed by atoms with Gasteiger partial charge < -0.3 is 20.7 Å². The summed E-state index contributed by atoms with van der Waals surface area (Å²) in [7, 11) is -2.21. The van der Waals surface area contributed by atoms with Crippen molar-refractivity contribution in [3.63, 3.8) is 0 Å². The Morgan fingerprint density at radius 1 is 1.07 bits per heavy atom. The third-order valence-corrected chi connectivity index (χ3v) is 8.18. The zero-order chi connectivity index (χ0) is 31.5. The number of carbonyl (C=O) groups is 2. The second kappa shape index (κ2) is 12.7. The number of benzene rings is 2. The molecule has 2 heterocycles. The van der Waals surface area contributed by atoms with E-state index in [2.05, 4.69) is 31.0 Å². The first-order valence-electron chi connectivity index (χ1n) is 14.2. The normalized spacial score (nSPS) is 14.3. The first-order chi connectivity index (χ1) is 20.2. The van der Waals surface area contributed by atoms with E-state index in [1.807, 2.05) is 34.6 Å². The molecule has 0 aliphatic carbocycles. The lowest BCUT2D eigenvalue weighted by atomic mass is 9.86. The maximum atomic E-state index is 13.6. The first-order valence-corrected chi connectivity index (χ1v) is 16.1. The van der Waals surface area contributed by atoms with Crippen molar-refractivity contribution >= 4 is 33.2 Å². The van der Waals surface area contributed by atoms with Gasteiger partial charge >= 0.3 is 0 Å². The van der Waals surface area contributed by atoms with Gasteiger partial charge in [-0.15, -0.1) is 5.10 Å². The standard InChI is InChI=1S/C30H41N7O5S/c1-18-12-21(28(38)33-23-14-22(30(3,4)5)15-24(27(23)42-6)35-43(7,40)41)13-26(19(18)2)37-17-25(34-36-37)29(39)32-16-20-8-10-31-11-9-20/h12-15,17,20,31,35H,8-11,16H2,1-7H3,(H,32,39)(H,33,38). The summed E-state index contributed by atoms with van der Waals surface area (Å²) in [5.74, 6) is -0.106. The maximum Gasteiger partial charge on any atom is 0.273 e. The highest BCUT2D eigenvalue weighted by atomic mass is 32.2. The first kappa shape index (κ1) is 32.0. The summed E-state index contributed by atoms with van der Waals surface area (Å²) >= 11 is 0. The number of ether oxygens (including phenoxy) is 1. The molecule has 2 amide bonds. The number of amides is 2. The SMILES string of the molecule is COc1c(NC(=O)c2cc(C)c(C)c(-n3cc(C(=O)NCC4CCNCC4)nn3)c2)cc(C(C)(C)C)cc1NS(C)(=O)=O. The van der Waals surface area contributed by atoms with E-state index in [-0.39, 0.29) is 28.5 Å². The minimum atomic E-state index is -3.62. The van der Waals surface area contributed by atoms with Crippen LogP contribution < -0.4 is 25.4 Å². The van der Waals surface area contributed by atoms with Crippen molar-refractivity contribution in [2.75, 3.05) is 43.0 Å². The average Bonchev–Trinajstić information content (AvgIpc) is 3.42. The number of carbonyl (C=O) groups excluding carboxylic acids is 2. The highest BCUT2D eigenvalue weighted by Gasteiger charge is 2.23. The summed E-state index contributed by atoms with van der Waals surface area (Å²) in [6, 6.07) is 6.92. The second-order valence-corrected chi connectivity index (χ2v) is 13.8. The van der Waals surface area contributed by atoms with Crippen molar-refractivity contribution in [1.82, 2.24) is 25.6 Å². The summed E-state index contributed by atoms with van der Waals surface area (Å²) in [6.45, 7) is 12.2. The van der Waals surface area contributed by atoms with Crippen LogP contribution in [0.2, 0.25) is 0 Å². The summed E-state index contributed by atoms with van der Waals surface area (Å²) in [4.78, 5) is 26.4. The molecule has 1 fully saturated rings. The van der Waals surface area contributed by atoms with E-state index in [1.54, 1.807) is 30.5 Å². The van der Waals surface area contributed by atoms with Crippen LogP contribution in [0.25, 0.3) is 5.69 Å². The number of methoxy groups -OCH3 is 1. The zero-order valence-corrected chi connectivity index (χ0v) is 26.6. The Labute approximate surface area is 253 Å². The number of aromatic nitrogens is 3. The number of piperidine rings is 1. The summed E-state index contributed by atoms with van der Waals surface area (Å²) in [6.07, 6.45) is 4.64. The predicted octanol–water partition coefficient (Wildman–Crippen LogP) is 3.54. The molecule has 1 aromatic heterocycles. The molecular weight excluding hydrogens is 570 g/mol. The van der Waals surface area contributed by atoms with Crippen molar-refractivity contribution < 1.29 is 22.7 Å². The van der Waals surface area contributed by atoms with E-state index < -0.39 is 15.9 Å². The van der Waals surface area contributed by atoms with Crippen molar-refractivity contribution in [3.8, 4) is 11.4 Å². The highest BCUT2D eigenvalue weighted by Crippen LogP contribution is 2.39. The highest BCUT2D eigenvalue weighted by molar-refractivity contribution is 7.92. The zero-order valence-electron chi connectivity index (χ0n) is 25.8. The number of hydrogen-bond acceptors (Lipinski definition) is 8. The summed E-state index contributed by atoms with van der Waals surface area (Å²) < 4.78 is 33.7. The molecule has 3 aromatic rings. The number of hydrogen-bond donors (Lipinski definition) is 4. The van der Waals surface area contributed by atoms with Gasteiger partial charge in [0, 0.05) is 12.1 Å². The van der Waals surface area contributed by atoms with Gasteiger partial charge in [-0.3, -0.25) is 14.3 Å². The van der Waals surface area contributed by atoms with Crippen LogP contribution in [-0.4, -0.2) is 68.2 Å². The largest absolute Gasteiger partial charge is 0.492 e. The molecule has 232 valence electrons. The summed E-state index contributed by atoms with van der Waals surface area (Å²) in [5.41, 5.74) is 3.83. The molecule has 0 unspecified atom stereocenters. The molecule has 2 aromatic carbocycles. The average molecular weight is 612 g/mol. The molecule has 1 aliphatic heterocycles. The van der Waals surface area contributed by atoms with Gasteiger partial charge in [-0.1, -0.05) is 26.0 Å². The van der Waals surface area contributed by atoms with E-state index in [0.717, 1.165) is 48.9 Å². The summed E-state index contributed by atoms with van der Waals surface area (Å²) in [5, 5.41) is 17.4. The molecule has 0 bridgehead atoms. The molecule has 4 rings (SSSR count). The number of aryl methyl sites for hydroxylation is 1. The topological polar surface area (TPSA) is 156 Å². The Balaban J connectivity index is 1.62. The second-order valence-electron chi connectivity index (χ2n) is 12.1. The Kier molecular flexibility index (Phi) is 9.45. The van der Waals surface area contributed by atoms with E-state index in [4.69, 9.17) is 4.74 Å². The predicted molar refractivity (Wildman–Crippen MR) is 167 cm³/mol. The molecule has 0 spiro atoms. The van der Waals surface area contributed by atoms with Gasteiger partial charge in [-0.2, -0.15) is 0 Å². The van der Waals surface area contributed by atoms with Gasteiger partial charge in [0.25, 0.3) is 11.8 Å². The molecular formula is C30H41N7O5S. The Bertz CT molecular complexity index is 1620. The molecule has 13 heteroatoms. The Hall–Kier alpha value is -3.97. The molecule has 0 saturated carbocycles. The molecule has 4 N–H and O–H groups in total. The van der Waals surface area contributed by atoms with E-state index in [9.17, 15) is 18.0 Å². The third-order valence-electron chi connectivity index (χ3n) is 7.59. The van der Waals surface area contributed by atoms with Gasteiger partial charge in [-0.05, 0) is 92.1 Å². The van der Waals surface area contributed by atoms with Crippen molar-refractivity contribution in [3.05, 3.63) is 58.4 Å². The number of nitrogens with one attached hydrogen (secondary N) is 4. The Morgan fingerprint density at radius 3 is 2.37 bits per heavy atom. The van der Waals surface area contributed by atoms with Gasteiger partial charge in [0.2, 0.25) is 10.0 Å². The number of anilines is 2. The fourth-order valence-electron chi connectivity index (χ4n) is 4.95. The number of sulfonamides is 1. The fourth-order valence-corrected chi connectivity index (χ4v) is 5.50. The lowest BCUT2D eigenvalue weighted by Crippen LogP contribution is -2.36. The quantitative estimate of drug-likeness (QED) is 0.286. The number of rotatable bonds is 9. The van der Waals surface area contributed by atoms with Crippen LogP contribution in [0.3, 0.4) is 0 Å². The lowest BCUT2D eigenvalue weighted by molar-refractivity contribution is 0.0938. The number of nitrogens with zero attached hydrogens (tertiary/aromatic N) is 3. The maximum absolute atomic E-state index is 13.6. The molecule has 1 aliphatic rings. The molecule has 43 heavy (non-hydrogen) atoms. The van der Waals surface area contributed by atoms with Crippen LogP contribution in [-0.2, 0) is 15.4 Å². The van der Waals surface area contributed by atoms with Crippen LogP contribution in [0.15, 0.2) is 30.5 Å². The minimum absolute atomic E-state index is 0.187. The van der Waals surface area contributed by atoms with Crippen molar-refractivity contribution in [2.24, 2.45) is 5.92 Å². The molecule has 0 atom stereocenters.